The van der Waals surface area contributed by atoms with Crippen LogP contribution in [0.4, 0.5) is 0 Å². The van der Waals surface area contributed by atoms with Gasteiger partial charge in [0, 0.05) is 13.5 Å². The van der Waals surface area contributed by atoms with Crippen LogP contribution in [-0.4, -0.2) is 18.7 Å². The van der Waals surface area contributed by atoms with E-state index >= 15 is 0 Å². The van der Waals surface area contributed by atoms with Crippen molar-refractivity contribution in [1.82, 2.24) is 5.32 Å². The molecule has 1 aromatic rings. The lowest BCUT2D eigenvalue weighted by Crippen LogP contribution is -2.38. The highest BCUT2D eigenvalue weighted by molar-refractivity contribution is 5.28. The summed E-state index contributed by atoms with van der Waals surface area (Å²) in [6.45, 7) is 16.7. The Morgan fingerprint density at radius 2 is 1.91 bits per heavy atom. The molecule has 0 saturated heterocycles. The smallest absolute Gasteiger partial charge is 0.119 e. The predicted molar refractivity (Wildman–Crippen MR) is 101 cm³/mol. The minimum atomic E-state index is 0. The topological polar surface area (TPSA) is 21.3 Å². The van der Waals surface area contributed by atoms with Crippen molar-refractivity contribution in [3.63, 3.8) is 0 Å². The van der Waals surface area contributed by atoms with Crippen molar-refractivity contribution in [2.24, 2.45) is 5.92 Å². The van der Waals surface area contributed by atoms with Gasteiger partial charge in [-0.05, 0) is 57.2 Å². The molecule has 1 aromatic carbocycles. The SMILES string of the molecule is CC.CCC(C)CCc1cccc(OCCNC(C)(C)C)c1.[HH]. The Morgan fingerprint density at radius 1 is 1.23 bits per heavy atom. The molecule has 0 aromatic heterocycles. The average molecular weight is 310 g/mol. The van der Waals surface area contributed by atoms with Crippen LogP contribution in [0.3, 0.4) is 0 Å². The number of rotatable bonds is 8. The zero-order chi connectivity index (χ0) is 17.0. The van der Waals surface area contributed by atoms with Gasteiger partial charge in [0.15, 0.2) is 0 Å². The largest absolute Gasteiger partial charge is 0.492 e. The van der Waals surface area contributed by atoms with E-state index in [1.54, 1.807) is 0 Å². The molecule has 1 atom stereocenters. The van der Waals surface area contributed by atoms with Crippen molar-refractivity contribution in [2.45, 2.75) is 73.3 Å². The van der Waals surface area contributed by atoms with Gasteiger partial charge in [0.25, 0.3) is 0 Å². The summed E-state index contributed by atoms with van der Waals surface area (Å²) in [5.74, 6) is 1.79. The molecule has 0 heterocycles. The van der Waals surface area contributed by atoms with Crippen molar-refractivity contribution < 1.29 is 6.16 Å². The number of aryl methyl sites for hydroxylation is 1. The van der Waals surface area contributed by atoms with Gasteiger partial charge in [0.1, 0.15) is 12.4 Å². The van der Waals surface area contributed by atoms with Crippen molar-refractivity contribution in [3.05, 3.63) is 29.8 Å². The summed E-state index contributed by atoms with van der Waals surface area (Å²) in [6, 6.07) is 8.52. The maximum absolute atomic E-state index is 5.81. The number of nitrogens with one attached hydrogen (secondary N) is 1. The second kappa shape index (κ2) is 11.5. The molecule has 2 heteroatoms. The highest BCUT2D eigenvalue weighted by Crippen LogP contribution is 2.17. The van der Waals surface area contributed by atoms with Crippen LogP contribution in [0, 0.1) is 5.92 Å². The average Bonchev–Trinajstić information content (AvgIpc) is 2.51. The monoisotopic (exact) mass is 309 g/mol. The second-order valence-corrected chi connectivity index (χ2v) is 6.72. The fourth-order valence-electron chi connectivity index (χ4n) is 2.00. The van der Waals surface area contributed by atoms with E-state index < -0.39 is 0 Å². The van der Waals surface area contributed by atoms with Gasteiger partial charge in [0.05, 0.1) is 0 Å². The van der Waals surface area contributed by atoms with Crippen LogP contribution >= 0.6 is 0 Å². The highest BCUT2D eigenvalue weighted by Gasteiger charge is 2.07. The van der Waals surface area contributed by atoms with Crippen LogP contribution in [-0.2, 0) is 6.42 Å². The van der Waals surface area contributed by atoms with Gasteiger partial charge in [-0.25, -0.2) is 0 Å². The van der Waals surface area contributed by atoms with Gasteiger partial charge in [-0.2, -0.15) is 0 Å². The molecule has 1 N–H and O–H groups in total. The zero-order valence-electron chi connectivity index (χ0n) is 15.8. The first-order valence-corrected chi connectivity index (χ1v) is 8.87. The van der Waals surface area contributed by atoms with Crippen molar-refractivity contribution in [1.29, 1.82) is 0 Å². The van der Waals surface area contributed by atoms with Crippen LogP contribution < -0.4 is 10.1 Å². The van der Waals surface area contributed by atoms with Crippen molar-refractivity contribution in [3.8, 4) is 5.75 Å². The molecule has 0 fully saturated rings. The van der Waals surface area contributed by atoms with Crippen LogP contribution in [0.2, 0.25) is 0 Å². The fourth-order valence-corrected chi connectivity index (χ4v) is 2.00. The van der Waals surface area contributed by atoms with Crippen molar-refractivity contribution in [2.75, 3.05) is 13.2 Å². The lowest BCUT2D eigenvalue weighted by molar-refractivity contribution is 0.290. The normalized spacial score (nSPS) is 12.3. The third kappa shape index (κ3) is 10.7. The van der Waals surface area contributed by atoms with Gasteiger partial charge in [0.2, 0.25) is 0 Å². The van der Waals surface area contributed by atoms with E-state index in [1.807, 2.05) is 19.9 Å². The molecule has 2 nitrogen and oxygen atoms in total. The molecule has 0 spiro atoms. The number of hydrogen-bond donors (Lipinski definition) is 1. The van der Waals surface area contributed by atoms with Crippen molar-refractivity contribution >= 4 is 0 Å². The third-order valence-electron chi connectivity index (χ3n) is 3.55. The molecular formula is C20H39NO. The van der Waals surface area contributed by atoms with Crippen LogP contribution in [0.25, 0.3) is 0 Å². The van der Waals surface area contributed by atoms with E-state index in [9.17, 15) is 0 Å². The third-order valence-corrected chi connectivity index (χ3v) is 3.55. The Hall–Kier alpha value is -1.02. The molecule has 0 aliphatic heterocycles. The maximum atomic E-state index is 5.81. The van der Waals surface area contributed by atoms with Gasteiger partial charge in [-0.1, -0.05) is 46.2 Å². The molecule has 0 aliphatic carbocycles. The van der Waals surface area contributed by atoms with E-state index in [4.69, 9.17) is 4.74 Å². The summed E-state index contributed by atoms with van der Waals surface area (Å²) in [5.41, 5.74) is 1.54. The van der Waals surface area contributed by atoms with E-state index in [1.165, 1.54) is 18.4 Å². The van der Waals surface area contributed by atoms with E-state index in [0.717, 1.165) is 24.6 Å². The maximum Gasteiger partial charge on any atom is 0.119 e. The van der Waals surface area contributed by atoms with Crippen LogP contribution in [0.5, 0.6) is 5.75 Å². The molecule has 1 unspecified atom stereocenters. The summed E-state index contributed by atoms with van der Waals surface area (Å²) in [5, 5.41) is 3.43. The Bertz CT molecular complexity index is 387. The first-order chi connectivity index (χ1) is 10.4. The van der Waals surface area contributed by atoms with E-state index in [-0.39, 0.29) is 6.97 Å². The van der Waals surface area contributed by atoms with Crippen LogP contribution in [0.15, 0.2) is 24.3 Å². The van der Waals surface area contributed by atoms with Gasteiger partial charge in [-0.15, -0.1) is 0 Å². The lowest BCUT2D eigenvalue weighted by atomic mass is 9.99. The van der Waals surface area contributed by atoms with Gasteiger partial charge < -0.3 is 10.1 Å². The molecule has 0 saturated carbocycles. The number of hydrogen-bond acceptors (Lipinski definition) is 2. The summed E-state index contributed by atoms with van der Waals surface area (Å²) >= 11 is 0. The number of benzene rings is 1. The molecular weight excluding hydrogens is 270 g/mol. The Balaban J connectivity index is 0. The Labute approximate surface area is 140 Å². The lowest BCUT2D eigenvalue weighted by Gasteiger charge is -2.20. The van der Waals surface area contributed by atoms with Gasteiger partial charge in [-0.3, -0.25) is 0 Å². The molecule has 0 amide bonds. The first kappa shape index (κ1) is 21.0. The summed E-state index contributed by atoms with van der Waals surface area (Å²) < 4.78 is 5.81. The van der Waals surface area contributed by atoms with Gasteiger partial charge >= 0.3 is 0 Å². The molecule has 0 aliphatic rings. The molecule has 130 valence electrons. The zero-order valence-corrected chi connectivity index (χ0v) is 15.8. The second-order valence-electron chi connectivity index (χ2n) is 6.72. The highest BCUT2D eigenvalue weighted by atomic mass is 16.5. The van der Waals surface area contributed by atoms with E-state index in [2.05, 4.69) is 58.1 Å². The van der Waals surface area contributed by atoms with Crippen LogP contribution in [0.1, 0.15) is 68.3 Å². The summed E-state index contributed by atoms with van der Waals surface area (Å²) in [6.07, 6.45) is 3.66. The number of ether oxygens (including phenoxy) is 1. The quantitative estimate of drug-likeness (QED) is 0.621. The van der Waals surface area contributed by atoms with E-state index in [0.29, 0.717) is 6.61 Å². The molecule has 0 radical (unpaired) electrons. The Morgan fingerprint density at radius 3 is 2.50 bits per heavy atom. The minimum Gasteiger partial charge on any atom is -0.492 e. The molecule has 22 heavy (non-hydrogen) atoms. The molecule has 0 bridgehead atoms. The minimum absolute atomic E-state index is 0. The summed E-state index contributed by atoms with van der Waals surface area (Å²) in [7, 11) is 0. The first-order valence-electron chi connectivity index (χ1n) is 8.87. The Kier molecular flexibility index (Phi) is 11.0. The standard InChI is InChI=1S/C18H31NO.C2H6.H2/c1-6-15(2)10-11-16-8-7-9-17(14-16)20-13-12-19-18(3,4)5;1-2;/h7-9,14-15,19H,6,10-13H2,1-5H3;1-2H3;1H. The molecule has 1 rings (SSSR count). The summed E-state index contributed by atoms with van der Waals surface area (Å²) in [4.78, 5) is 0. The predicted octanol–water partition coefficient (Wildman–Crippen LogP) is 5.70. The fraction of sp³-hybridized carbons (Fsp3) is 0.700.